The zero-order chi connectivity index (χ0) is 15.7. The number of hydrogen-bond acceptors (Lipinski definition) is 5. The number of hydrogen-bond donors (Lipinski definition) is 0. The molecule has 0 radical (unpaired) electrons. The highest BCUT2D eigenvalue weighted by Gasteiger charge is 2.43. The Morgan fingerprint density at radius 3 is 2.74 bits per heavy atom. The number of aromatic nitrogens is 2. The van der Waals surface area contributed by atoms with Crippen LogP contribution >= 0.6 is 0 Å². The van der Waals surface area contributed by atoms with Crippen LogP contribution in [0.15, 0.2) is 18.6 Å². The van der Waals surface area contributed by atoms with E-state index in [1.807, 2.05) is 4.90 Å². The van der Waals surface area contributed by atoms with Crippen molar-refractivity contribution in [1.29, 1.82) is 0 Å². The topological polar surface area (TPSA) is 58.6 Å². The van der Waals surface area contributed by atoms with E-state index in [0.717, 1.165) is 45.8 Å². The van der Waals surface area contributed by atoms with E-state index in [2.05, 4.69) is 14.9 Å². The summed E-state index contributed by atoms with van der Waals surface area (Å²) in [4.78, 5) is 25.3. The van der Waals surface area contributed by atoms with Crippen molar-refractivity contribution in [3.8, 4) is 0 Å². The zero-order valence-electron chi connectivity index (χ0n) is 13.5. The number of ether oxygens (including phenoxy) is 1. The number of carbonyl (C=O) groups is 1. The molecule has 3 aliphatic rings. The van der Waals surface area contributed by atoms with Crippen LogP contribution in [0, 0.1) is 5.41 Å². The van der Waals surface area contributed by atoms with Gasteiger partial charge in [0.2, 0.25) is 0 Å². The van der Waals surface area contributed by atoms with Crippen LogP contribution in [-0.2, 0) is 4.74 Å². The molecular weight excluding hydrogens is 292 g/mol. The number of nitrogens with zero attached hydrogens (tertiary/aromatic N) is 4. The highest BCUT2D eigenvalue weighted by Crippen LogP contribution is 2.41. The maximum atomic E-state index is 12.5. The van der Waals surface area contributed by atoms with Gasteiger partial charge in [0, 0.05) is 38.1 Å². The van der Waals surface area contributed by atoms with Crippen LogP contribution in [0.25, 0.3) is 0 Å². The summed E-state index contributed by atoms with van der Waals surface area (Å²) in [5, 5.41) is 0. The largest absolute Gasteiger partial charge is 0.380 e. The predicted octanol–water partition coefficient (Wildman–Crippen LogP) is 1.19. The molecule has 0 aromatic carbocycles. The maximum absolute atomic E-state index is 12.5. The molecule has 3 fully saturated rings. The molecule has 1 aromatic rings. The Hall–Kier alpha value is -1.53. The van der Waals surface area contributed by atoms with Crippen molar-refractivity contribution in [2.75, 3.05) is 39.4 Å². The van der Waals surface area contributed by atoms with Crippen molar-refractivity contribution in [2.24, 2.45) is 5.41 Å². The van der Waals surface area contributed by atoms with Gasteiger partial charge in [0.05, 0.1) is 12.8 Å². The summed E-state index contributed by atoms with van der Waals surface area (Å²) in [6.45, 7) is 5.80. The van der Waals surface area contributed by atoms with Crippen LogP contribution in [-0.4, -0.2) is 71.1 Å². The van der Waals surface area contributed by atoms with Gasteiger partial charge in [0.1, 0.15) is 5.69 Å². The first-order chi connectivity index (χ1) is 11.3. The fourth-order valence-corrected chi connectivity index (χ4v) is 4.26. The second-order valence-electron chi connectivity index (χ2n) is 7.12. The molecule has 0 N–H and O–H groups in total. The summed E-state index contributed by atoms with van der Waals surface area (Å²) in [6.07, 6.45) is 9.42. The normalized spacial score (nSPS) is 27.7. The molecule has 0 aliphatic carbocycles. The highest BCUT2D eigenvalue weighted by atomic mass is 16.5. The van der Waals surface area contributed by atoms with E-state index >= 15 is 0 Å². The molecule has 3 saturated heterocycles. The van der Waals surface area contributed by atoms with E-state index in [9.17, 15) is 4.79 Å². The molecule has 4 rings (SSSR count). The minimum Gasteiger partial charge on any atom is -0.380 e. The summed E-state index contributed by atoms with van der Waals surface area (Å²) < 4.78 is 5.52. The Morgan fingerprint density at radius 2 is 2.04 bits per heavy atom. The van der Waals surface area contributed by atoms with E-state index in [-0.39, 0.29) is 5.91 Å². The quantitative estimate of drug-likeness (QED) is 0.820. The van der Waals surface area contributed by atoms with E-state index in [1.54, 1.807) is 18.6 Å². The molecule has 6 nitrogen and oxygen atoms in total. The Bertz CT molecular complexity index is 551. The first-order valence-corrected chi connectivity index (χ1v) is 8.63. The molecular formula is C17H24N4O2. The first kappa shape index (κ1) is 15.0. The van der Waals surface area contributed by atoms with Gasteiger partial charge in [-0.3, -0.25) is 14.7 Å². The van der Waals surface area contributed by atoms with Crippen LogP contribution < -0.4 is 0 Å². The van der Waals surface area contributed by atoms with Gasteiger partial charge in [-0.25, -0.2) is 4.98 Å². The number of rotatable bonds is 2. The fraction of sp³-hybridized carbons (Fsp3) is 0.706. The Balaban J connectivity index is 1.36. The van der Waals surface area contributed by atoms with Gasteiger partial charge in [-0.2, -0.15) is 0 Å². The van der Waals surface area contributed by atoms with E-state index in [1.165, 1.54) is 19.3 Å². The maximum Gasteiger partial charge on any atom is 0.274 e. The summed E-state index contributed by atoms with van der Waals surface area (Å²) in [5.41, 5.74) is 0.776. The second kappa shape index (κ2) is 6.17. The van der Waals surface area contributed by atoms with Gasteiger partial charge < -0.3 is 9.64 Å². The molecule has 1 atom stereocenters. The van der Waals surface area contributed by atoms with Gasteiger partial charge >= 0.3 is 0 Å². The third kappa shape index (κ3) is 2.97. The molecule has 124 valence electrons. The van der Waals surface area contributed by atoms with Crippen LogP contribution in [0.1, 0.15) is 36.2 Å². The number of amides is 1. The number of piperidine rings is 1. The average Bonchev–Trinajstić information content (AvgIpc) is 3.27. The van der Waals surface area contributed by atoms with E-state index in [4.69, 9.17) is 4.74 Å². The van der Waals surface area contributed by atoms with Crippen molar-refractivity contribution in [2.45, 2.75) is 31.7 Å². The van der Waals surface area contributed by atoms with E-state index < -0.39 is 0 Å². The summed E-state index contributed by atoms with van der Waals surface area (Å²) in [7, 11) is 0. The SMILES string of the molecule is O=C(c1cnccn1)N1CCC2(CCN(C3CCOC3)CC2)C1. The summed E-state index contributed by atoms with van der Waals surface area (Å²) in [6, 6.07) is 0.617. The fourth-order valence-electron chi connectivity index (χ4n) is 4.26. The number of carbonyl (C=O) groups excluding carboxylic acids is 1. The van der Waals surface area contributed by atoms with Crippen LogP contribution in [0.2, 0.25) is 0 Å². The van der Waals surface area contributed by atoms with Crippen LogP contribution in [0.5, 0.6) is 0 Å². The molecule has 1 aromatic heterocycles. The number of likely N-dealkylation sites (tertiary alicyclic amines) is 2. The van der Waals surface area contributed by atoms with Gasteiger partial charge in [-0.1, -0.05) is 0 Å². The highest BCUT2D eigenvalue weighted by molar-refractivity contribution is 5.92. The van der Waals surface area contributed by atoms with E-state index in [0.29, 0.717) is 17.2 Å². The lowest BCUT2D eigenvalue weighted by atomic mass is 9.77. The molecule has 1 spiro atoms. The van der Waals surface area contributed by atoms with Crippen molar-refractivity contribution in [1.82, 2.24) is 19.8 Å². The zero-order valence-corrected chi connectivity index (χ0v) is 13.5. The van der Waals surface area contributed by atoms with Crippen LogP contribution in [0.3, 0.4) is 0 Å². The first-order valence-electron chi connectivity index (χ1n) is 8.63. The smallest absolute Gasteiger partial charge is 0.274 e. The molecule has 23 heavy (non-hydrogen) atoms. The lowest BCUT2D eigenvalue weighted by molar-refractivity contribution is 0.0606. The molecule has 6 heteroatoms. The second-order valence-corrected chi connectivity index (χ2v) is 7.12. The van der Waals surface area contributed by atoms with Crippen molar-refractivity contribution in [3.63, 3.8) is 0 Å². The molecule has 0 bridgehead atoms. The van der Waals surface area contributed by atoms with Crippen molar-refractivity contribution in [3.05, 3.63) is 24.3 Å². The Labute approximate surface area is 136 Å². The average molecular weight is 316 g/mol. The minimum atomic E-state index is 0.0293. The third-order valence-corrected chi connectivity index (χ3v) is 5.79. The van der Waals surface area contributed by atoms with Gasteiger partial charge in [-0.15, -0.1) is 0 Å². The molecule has 1 amide bonds. The van der Waals surface area contributed by atoms with Gasteiger partial charge in [-0.05, 0) is 44.2 Å². The Kier molecular flexibility index (Phi) is 4.03. The predicted molar refractivity (Wildman–Crippen MR) is 85.0 cm³/mol. The van der Waals surface area contributed by atoms with Gasteiger partial charge in [0.25, 0.3) is 5.91 Å². The monoisotopic (exact) mass is 316 g/mol. The summed E-state index contributed by atoms with van der Waals surface area (Å²) >= 11 is 0. The van der Waals surface area contributed by atoms with Crippen molar-refractivity contribution < 1.29 is 9.53 Å². The molecule has 3 aliphatic heterocycles. The molecule has 1 unspecified atom stereocenters. The van der Waals surface area contributed by atoms with Crippen molar-refractivity contribution >= 4 is 5.91 Å². The molecule has 4 heterocycles. The Morgan fingerprint density at radius 1 is 1.22 bits per heavy atom. The molecule has 0 saturated carbocycles. The van der Waals surface area contributed by atoms with Gasteiger partial charge in [0.15, 0.2) is 0 Å². The summed E-state index contributed by atoms with van der Waals surface area (Å²) in [5.74, 6) is 0.0293. The minimum absolute atomic E-state index is 0.0293. The van der Waals surface area contributed by atoms with Crippen LogP contribution in [0.4, 0.5) is 0 Å². The lowest BCUT2D eigenvalue weighted by Gasteiger charge is -2.41. The lowest BCUT2D eigenvalue weighted by Crippen LogP contribution is -2.46. The standard InChI is InChI=1S/C17H24N4O2/c22-16(15-11-18-5-6-19-15)21-9-4-17(13-21)2-7-20(8-3-17)14-1-10-23-12-14/h5-6,11,14H,1-4,7-10,12-13H2. The third-order valence-electron chi connectivity index (χ3n) is 5.79.